The van der Waals surface area contributed by atoms with Gasteiger partial charge in [0.1, 0.15) is 5.75 Å². The van der Waals surface area contributed by atoms with Crippen molar-refractivity contribution >= 4 is 0 Å². The number of halogens is 3. The largest absolute Gasteiger partial charge is 0.573 e. The van der Waals surface area contributed by atoms with Crippen molar-refractivity contribution in [2.75, 3.05) is 6.54 Å². The lowest BCUT2D eigenvalue weighted by molar-refractivity contribution is -0.274. The highest BCUT2D eigenvalue weighted by Crippen LogP contribution is 2.37. The summed E-state index contributed by atoms with van der Waals surface area (Å²) in [6.45, 7) is 1.09. The van der Waals surface area contributed by atoms with Crippen molar-refractivity contribution in [2.45, 2.75) is 44.5 Å². The molecule has 2 saturated carbocycles. The highest BCUT2D eigenvalue weighted by Gasteiger charge is 2.33. The molecule has 5 heteroatoms. The summed E-state index contributed by atoms with van der Waals surface area (Å²) in [6.07, 6.45) is 1.42. The highest BCUT2D eigenvalue weighted by molar-refractivity contribution is 5.28. The van der Waals surface area contributed by atoms with Crippen molar-refractivity contribution in [2.24, 2.45) is 11.8 Å². The number of benzene rings is 1. The van der Waals surface area contributed by atoms with Crippen LogP contribution in [0.4, 0.5) is 13.2 Å². The summed E-state index contributed by atoms with van der Waals surface area (Å²) in [5.74, 6) is 1.23. The molecular formula is C16H20F3NO. The second kappa shape index (κ2) is 5.87. The van der Waals surface area contributed by atoms with Crippen molar-refractivity contribution in [1.82, 2.24) is 5.32 Å². The Morgan fingerprint density at radius 1 is 1.00 bits per heavy atom. The van der Waals surface area contributed by atoms with Crippen molar-refractivity contribution in [3.05, 3.63) is 29.8 Å². The van der Waals surface area contributed by atoms with Crippen LogP contribution >= 0.6 is 0 Å². The Hall–Kier alpha value is -1.23. The van der Waals surface area contributed by atoms with Gasteiger partial charge in [-0.25, -0.2) is 0 Å². The van der Waals surface area contributed by atoms with Crippen LogP contribution < -0.4 is 10.1 Å². The SMILES string of the molecule is FC(F)(F)Oc1ccc(CC2CCC2CNC2CC2)cc1. The Morgan fingerprint density at radius 3 is 2.19 bits per heavy atom. The van der Waals surface area contributed by atoms with Crippen LogP contribution in [0.2, 0.25) is 0 Å². The predicted molar refractivity (Wildman–Crippen MR) is 74.1 cm³/mol. The van der Waals surface area contributed by atoms with Gasteiger partial charge in [0.15, 0.2) is 0 Å². The first-order valence-electron chi connectivity index (χ1n) is 7.58. The van der Waals surface area contributed by atoms with Gasteiger partial charge < -0.3 is 10.1 Å². The number of nitrogens with one attached hydrogen (secondary N) is 1. The van der Waals surface area contributed by atoms with Gasteiger partial charge in [0, 0.05) is 6.04 Å². The van der Waals surface area contributed by atoms with Crippen LogP contribution in [0.5, 0.6) is 5.75 Å². The predicted octanol–water partition coefficient (Wildman–Crippen LogP) is 3.91. The smallest absolute Gasteiger partial charge is 0.406 e. The molecule has 2 fully saturated rings. The van der Waals surface area contributed by atoms with Crippen LogP contribution in [0.1, 0.15) is 31.2 Å². The third-order valence-electron chi connectivity index (χ3n) is 4.48. The third kappa shape index (κ3) is 4.37. The van der Waals surface area contributed by atoms with Gasteiger partial charge in [-0.1, -0.05) is 12.1 Å². The zero-order chi connectivity index (χ0) is 14.9. The summed E-state index contributed by atoms with van der Waals surface area (Å²) in [4.78, 5) is 0. The van der Waals surface area contributed by atoms with E-state index in [4.69, 9.17) is 0 Å². The molecule has 2 aliphatic rings. The van der Waals surface area contributed by atoms with Gasteiger partial charge in [-0.2, -0.15) is 0 Å². The molecule has 2 nitrogen and oxygen atoms in total. The molecule has 0 radical (unpaired) electrons. The minimum atomic E-state index is -4.62. The standard InChI is InChI=1S/C16H20F3NO/c17-16(18,19)21-15-7-1-11(2-8-15)9-12-3-4-13(12)10-20-14-5-6-14/h1-2,7-8,12-14,20H,3-6,9-10H2. The van der Waals surface area contributed by atoms with Gasteiger partial charge in [0.25, 0.3) is 0 Å². The molecule has 1 N–H and O–H groups in total. The molecule has 116 valence electrons. The van der Waals surface area contributed by atoms with Crippen LogP contribution in [-0.2, 0) is 6.42 Å². The lowest BCUT2D eigenvalue weighted by Crippen LogP contribution is -2.37. The van der Waals surface area contributed by atoms with E-state index in [1.807, 2.05) is 0 Å². The average Bonchev–Trinajstić information content (AvgIpc) is 3.19. The van der Waals surface area contributed by atoms with E-state index in [-0.39, 0.29) is 5.75 Å². The first kappa shape index (κ1) is 14.7. The molecule has 1 aromatic carbocycles. The molecule has 0 aromatic heterocycles. The molecule has 2 aliphatic carbocycles. The number of rotatable bonds is 6. The fraction of sp³-hybridized carbons (Fsp3) is 0.625. The number of hydrogen-bond donors (Lipinski definition) is 1. The Balaban J connectivity index is 1.48. The lowest BCUT2D eigenvalue weighted by Gasteiger charge is -2.37. The minimum Gasteiger partial charge on any atom is -0.406 e. The minimum absolute atomic E-state index is 0.146. The molecule has 21 heavy (non-hydrogen) atoms. The number of alkyl halides is 3. The van der Waals surface area contributed by atoms with E-state index in [2.05, 4.69) is 10.1 Å². The van der Waals surface area contributed by atoms with E-state index in [1.54, 1.807) is 12.1 Å². The van der Waals surface area contributed by atoms with E-state index in [9.17, 15) is 13.2 Å². The Bertz CT molecular complexity index is 467. The molecule has 0 saturated heterocycles. The van der Waals surface area contributed by atoms with Crippen molar-refractivity contribution in [3.63, 3.8) is 0 Å². The van der Waals surface area contributed by atoms with Gasteiger partial charge in [-0.3, -0.25) is 0 Å². The molecule has 2 atom stereocenters. The molecule has 0 amide bonds. The second-order valence-electron chi connectivity index (χ2n) is 6.18. The summed E-state index contributed by atoms with van der Waals surface area (Å²) in [6, 6.07) is 7.03. The second-order valence-corrected chi connectivity index (χ2v) is 6.18. The van der Waals surface area contributed by atoms with Gasteiger partial charge in [0.2, 0.25) is 0 Å². The topological polar surface area (TPSA) is 21.3 Å². The molecular weight excluding hydrogens is 279 g/mol. The first-order valence-corrected chi connectivity index (χ1v) is 7.58. The summed E-state index contributed by atoms with van der Waals surface area (Å²) < 4.78 is 40.2. The van der Waals surface area contributed by atoms with Crippen LogP contribution in [-0.4, -0.2) is 18.9 Å². The van der Waals surface area contributed by atoms with Crippen molar-refractivity contribution < 1.29 is 17.9 Å². The van der Waals surface area contributed by atoms with Crippen molar-refractivity contribution in [3.8, 4) is 5.75 Å². The maximum absolute atomic E-state index is 12.1. The van der Waals surface area contributed by atoms with Crippen LogP contribution in [0.3, 0.4) is 0 Å². The quantitative estimate of drug-likeness (QED) is 0.860. The number of hydrogen-bond acceptors (Lipinski definition) is 2. The van der Waals surface area contributed by atoms with Gasteiger partial charge in [0.05, 0.1) is 0 Å². The molecule has 3 rings (SSSR count). The monoisotopic (exact) mass is 299 g/mol. The van der Waals surface area contributed by atoms with Gasteiger partial charge >= 0.3 is 6.36 Å². The highest BCUT2D eigenvalue weighted by atomic mass is 19.4. The van der Waals surface area contributed by atoms with E-state index < -0.39 is 6.36 Å². The van der Waals surface area contributed by atoms with Crippen LogP contribution in [0, 0.1) is 11.8 Å². The third-order valence-corrected chi connectivity index (χ3v) is 4.48. The molecule has 0 heterocycles. The van der Waals surface area contributed by atoms with Gasteiger partial charge in [-0.15, -0.1) is 13.2 Å². The summed E-state index contributed by atoms with van der Waals surface area (Å²) in [5.41, 5.74) is 1.09. The number of ether oxygens (including phenoxy) is 1. The average molecular weight is 299 g/mol. The molecule has 0 spiro atoms. The summed E-state index contributed by atoms with van der Waals surface area (Å²) >= 11 is 0. The molecule has 0 aliphatic heterocycles. The van der Waals surface area contributed by atoms with Crippen LogP contribution in [0.25, 0.3) is 0 Å². The summed E-state index contributed by atoms with van der Waals surface area (Å²) in [5, 5.41) is 3.56. The van der Waals surface area contributed by atoms with Crippen molar-refractivity contribution in [1.29, 1.82) is 0 Å². The van der Waals surface area contributed by atoms with E-state index in [1.165, 1.54) is 37.8 Å². The fourth-order valence-corrected chi connectivity index (χ4v) is 2.91. The first-order chi connectivity index (χ1) is 9.99. The van der Waals surface area contributed by atoms with Crippen LogP contribution in [0.15, 0.2) is 24.3 Å². The maximum Gasteiger partial charge on any atom is 0.573 e. The normalized spacial score (nSPS) is 25.5. The zero-order valence-electron chi connectivity index (χ0n) is 11.8. The maximum atomic E-state index is 12.1. The Labute approximate surface area is 122 Å². The molecule has 2 unspecified atom stereocenters. The van der Waals surface area contributed by atoms with E-state index in [0.717, 1.165) is 30.5 Å². The van der Waals surface area contributed by atoms with E-state index in [0.29, 0.717) is 5.92 Å². The van der Waals surface area contributed by atoms with Gasteiger partial charge in [-0.05, 0) is 68.2 Å². The summed E-state index contributed by atoms with van der Waals surface area (Å²) in [7, 11) is 0. The molecule has 1 aromatic rings. The Morgan fingerprint density at radius 2 is 1.67 bits per heavy atom. The fourth-order valence-electron chi connectivity index (χ4n) is 2.91. The lowest BCUT2D eigenvalue weighted by atomic mass is 9.70. The molecule has 0 bridgehead atoms. The van der Waals surface area contributed by atoms with E-state index >= 15 is 0 Å². The zero-order valence-corrected chi connectivity index (χ0v) is 11.8. The Kier molecular flexibility index (Phi) is 4.11.